The fraction of sp³-hybridized carbons (Fsp3) is 0.455. The second-order valence-electron chi connectivity index (χ2n) is 7.07. The third-order valence-electron chi connectivity index (χ3n) is 5.27. The molecule has 0 heterocycles. The van der Waals surface area contributed by atoms with Gasteiger partial charge in [-0.25, -0.2) is 0 Å². The smallest absolute Gasteiger partial charge is 0.0906 e. The van der Waals surface area contributed by atoms with E-state index in [0.717, 1.165) is 11.1 Å². The molecule has 6 heteroatoms. The molecule has 0 bridgehead atoms. The van der Waals surface area contributed by atoms with E-state index in [0.29, 0.717) is 42.4 Å². The van der Waals surface area contributed by atoms with Crippen molar-refractivity contribution >= 4 is 23.2 Å². The average Bonchev–Trinajstić information content (AvgIpc) is 2.72. The molecule has 154 valence electrons. The highest BCUT2D eigenvalue weighted by atomic mass is 35.5. The van der Waals surface area contributed by atoms with E-state index in [1.165, 1.54) is 0 Å². The minimum atomic E-state index is -0.879. The first kappa shape index (κ1) is 23.1. The van der Waals surface area contributed by atoms with Crippen molar-refractivity contribution in [2.75, 3.05) is 19.7 Å². The summed E-state index contributed by atoms with van der Waals surface area (Å²) in [6, 6.07) is 15.0. The lowest BCUT2D eigenvalue weighted by Gasteiger charge is -2.28. The van der Waals surface area contributed by atoms with E-state index in [-0.39, 0.29) is 12.5 Å². The Kier molecular flexibility index (Phi) is 9.22. The maximum Gasteiger partial charge on any atom is 0.0906 e. The second kappa shape index (κ2) is 11.1. The first-order chi connectivity index (χ1) is 13.4. The molecular formula is C22H29Cl2NO3. The highest BCUT2D eigenvalue weighted by Crippen LogP contribution is 2.30. The molecule has 0 aromatic heterocycles. The fourth-order valence-corrected chi connectivity index (χ4v) is 3.71. The van der Waals surface area contributed by atoms with Crippen molar-refractivity contribution < 1.29 is 15.3 Å². The van der Waals surface area contributed by atoms with Gasteiger partial charge in [-0.1, -0.05) is 66.5 Å². The molecule has 4 nitrogen and oxygen atoms in total. The highest BCUT2D eigenvalue weighted by molar-refractivity contribution is 6.42. The van der Waals surface area contributed by atoms with Gasteiger partial charge in [-0.05, 0) is 55.6 Å². The van der Waals surface area contributed by atoms with Gasteiger partial charge in [-0.3, -0.25) is 0 Å². The van der Waals surface area contributed by atoms with E-state index in [1.54, 1.807) is 12.1 Å². The van der Waals surface area contributed by atoms with Crippen molar-refractivity contribution in [3.63, 3.8) is 0 Å². The Bertz CT molecular complexity index is 729. The largest absolute Gasteiger partial charge is 0.394 e. The van der Waals surface area contributed by atoms with Crippen LogP contribution in [0.1, 0.15) is 43.2 Å². The molecule has 0 aliphatic carbocycles. The van der Waals surface area contributed by atoms with Gasteiger partial charge in [0.2, 0.25) is 0 Å². The minimum Gasteiger partial charge on any atom is -0.394 e. The van der Waals surface area contributed by atoms with Crippen LogP contribution in [0.15, 0.2) is 48.5 Å². The molecular weight excluding hydrogens is 397 g/mol. The third kappa shape index (κ3) is 6.18. The van der Waals surface area contributed by atoms with E-state index < -0.39 is 11.7 Å². The highest BCUT2D eigenvalue weighted by Gasteiger charge is 2.26. The SMILES string of the molecule is CCC(O)(CCNCCC(c1ccc(Cl)c(Cl)c1)C(O)CO)c1ccccc1. The van der Waals surface area contributed by atoms with Crippen LogP contribution in [0.5, 0.6) is 0 Å². The molecule has 2 aromatic carbocycles. The van der Waals surface area contributed by atoms with Crippen molar-refractivity contribution in [1.29, 1.82) is 0 Å². The number of aliphatic hydroxyl groups excluding tert-OH is 2. The third-order valence-corrected chi connectivity index (χ3v) is 6.01. The van der Waals surface area contributed by atoms with E-state index >= 15 is 0 Å². The summed E-state index contributed by atoms with van der Waals surface area (Å²) in [6.45, 7) is 2.93. The lowest BCUT2D eigenvalue weighted by Crippen LogP contribution is -2.32. The summed E-state index contributed by atoms with van der Waals surface area (Å²) < 4.78 is 0. The van der Waals surface area contributed by atoms with Crippen LogP contribution in [0.25, 0.3) is 0 Å². The number of benzene rings is 2. The molecule has 0 saturated heterocycles. The maximum absolute atomic E-state index is 10.9. The lowest BCUT2D eigenvalue weighted by molar-refractivity contribution is 0.0235. The summed E-state index contributed by atoms with van der Waals surface area (Å²) in [5.41, 5.74) is 0.901. The fourth-order valence-electron chi connectivity index (χ4n) is 3.40. The zero-order valence-electron chi connectivity index (χ0n) is 16.1. The number of aliphatic hydroxyl groups is 3. The molecule has 0 saturated carbocycles. The Morgan fingerprint density at radius 1 is 1.04 bits per heavy atom. The van der Waals surface area contributed by atoms with Crippen molar-refractivity contribution in [2.24, 2.45) is 0 Å². The predicted molar refractivity (Wildman–Crippen MR) is 115 cm³/mol. The minimum absolute atomic E-state index is 0.258. The Labute approximate surface area is 177 Å². The summed E-state index contributed by atoms with van der Waals surface area (Å²) in [4.78, 5) is 0. The van der Waals surface area contributed by atoms with Gasteiger partial charge >= 0.3 is 0 Å². The van der Waals surface area contributed by atoms with Gasteiger partial charge in [0.25, 0.3) is 0 Å². The van der Waals surface area contributed by atoms with E-state index in [1.807, 2.05) is 43.3 Å². The summed E-state index contributed by atoms with van der Waals surface area (Å²) in [6.07, 6.45) is 0.965. The molecule has 3 unspecified atom stereocenters. The van der Waals surface area contributed by atoms with Crippen LogP contribution >= 0.6 is 23.2 Å². The monoisotopic (exact) mass is 425 g/mol. The molecule has 2 rings (SSSR count). The topological polar surface area (TPSA) is 72.7 Å². The summed E-state index contributed by atoms with van der Waals surface area (Å²) in [5, 5.41) is 34.8. The molecule has 28 heavy (non-hydrogen) atoms. The Morgan fingerprint density at radius 3 is 2.36 bits per heavy atom. The first-order valence-electron chi connectivity index (χ1n) is 9.63. The molecule has 0 radical (unpaired) electrons. The molecule has 4 N–H and O–H groups in total. The molecule has 0 spiro atoms. The Morgan fingerprint density at radius 2 is 1.75 bits per heavy atom. The number of hydrogen-bond donors (Lipinski definition) is 4. The summed E-state index contributed by atoms with van der Waals surface area (Å²) >= 11 is 12.1. The van der Waals surface area contributed by atoms with Gasteiger partial charge in [-0.15, -0.1) is 0 Å². The second-order valence-corrected chi connectivity index (χ2v) is 7.88. The molecule has 3 atom stereocenters. The van der Waals surface area contributed by atoms with E-state index in [2.05, 4.69) is 5.32 Å². The Hall–Kier alpha value is -1.14. The molecule has 0 aliphatic rings. The van der Waals surface area contributed by atoms with Gasteiger partial charge in [-0.2, -0.15) is 0 Å². The van der Waals surface area contributed by atoms with Crippen LogP contribution in [0.3, 0.4) is 0 Å². The van der Waals surface area contributed by atoms with E-state index in [4.69, 9.17) is 23.2 Å². The van der Waals surface area contributed by atoms with Gasteiger partial charge in [0.15, 0.2) is 0 Å². The van der Waals surface area contributed by atoms with Crippen LogP contribution in [-0.2, 0) is 5.60 Å². The quantitative estimate of drug-likeness (QED) is 0.409. The maximum atomic E-state index is 10.9. The summed E-state index contributed by atoms with van der Waals surface area (Å²) in [7, 11) is 0. The van der Waals surface area contributed by atoms with Crippen LogP contribution in [-0.4, -0.2) is 41.1 Å². The number of nitrogens with one attached hydrogen (secondary N) is 1. The van der Waals surface area contributed by atoms with Crippen molar-refractivity contribution in [1.82, 2.24) is 5.32 Å². The Balaban J connectivity index is 1.91. The van der Waals surface area contributed by atoms with Crippen molar-refractivity contribution in [3.05, 3.63) is 69.7 Å². The predicted octanol–water partition coefficient (Wildman–Crippen LogP) is 4.10. The molecule has 0 fully saturated rings. The molecule has 0 aliphatic heterocycles. The average molecular weight is 426 g/mol. The zero-order chi connectivity index (χ0) is 20.6. The van der Waals surface area contributed by atoms with Crippen LogP contribution in [0.2, 0.25) is 10.0 Å². The van der Waals surface area contributed by atoms with Crippen molar-refractivity contribution in [2.45, 2.75) is 43.8 Å². The summed E-state index contributed by atoms with van der Waals surface area (Å²) in [5.74, 6) is -0.258. The first-order valence-corrected chi connectivity index (χ1v) is 10.4. The normalized spacial score (nSPS) is 15.8. The van der Waals surface area contributed by atoms with Crippen LogP contribution in [0.4, 0.5) is 0 Å². The number of halogens is 2. The van der Waals surface area contributed by atoms with Gasteiger partial charge < -0.3 is 20.6 Å². The van der Waals surface area contributed by atoms with Crippen LogP contribution in [0, 0.1) is 0 Å². The standard InChI is InChI=1S/C22H29Cl2NO3/c1-2-22(28,17-6-4-3-5-7-17)11-13-25-12-10-18(21(27)15-26)16-8-9-19(23)20(24)14-16/h3-9,14,18,21,25-28H,2,10-13,15H2,1H3. The zero-order valence-corrected chi connectivity index (χ0v) is 17.6. The molecule has 2 aromatic rings. The number of hydrogen-bond acceptors (Lipinski definition) is 4. The van der Waals surface area contributed by atoms with E-state index in [9.17, 15) is 15.3 Å². The lowest BCUT2D eigenvalue weighted by atomic mass is 9.88. The van der Waals surface area contributed by atoms with Crippen LogP contribution < -0.4 is 5.32 Å². The number of rotatable bonds is 11. The van der Waals surface area contributed by atoms with Gasteiger partial charge in [0.1, 0.15) is 0 Å². The van der Waals surface area contributed by atoms with Gasteiger partial charge in [0, 0.05) is 5.92 Å². The van der Waals surface area contributed by atoms with Gasteiger partial charge in [0.05, 0.1) is 28.4 Å². The molecule has 0 amide bonds. The van der Waals surface area contributed by atoms with Crippen molar-refractivity contribution in [3.8, 4) is 0 Å².